The molecule has 6 nitrogen and oxygen atoms in total. The van der Waals surface area contributed by atoms with E-state index in [9.17, 15) is 9.90 Å². The van der Waals surface area contributed by atoms with Crippen molar-refractivity contribution in [3.05, 3.63) is 42.1 Å². The van der Waals surface area contributed by atoms with Crippen molar-refractivity contribution in [2.24, 2.45) is 0 Å². The van der Waals surface area contributed by atoms with Crippen molar-refractivity contribution in [1.29, 1.82) is 0 Å². The van der Waals surface area contributed by atoms with E-state index < -0.39 is 5.60 Å². The van der Waals surface area contributed by atoms with E-state index in [4.69, 9.17) is 4.52 Å². The summed E-state index contributed by atoms with van der Waals surface area (Å²) in [6.07, 6.45) is 2.20. The molecule has 1 aromatic heterocycles. The molecule has 1 aliphatic heterocycles. The van der Waals surface area contributed by atoms with Crippen LogP contribution >= 0.6 is 0 Å². The molecule has 0 spiro atoms. The number of nitrogens with one attached hydrogen (secondary N) is 2. The van der Waals surface area contributed by atoms with Crippen LogP contribution in [0.3, 0.4) is 0 Å². The van der Waals surface area contributed by atoms with Crippen LogP contribution in [0.4, 0.5) is 0 Å². The lowest BCUT2D eigenvalue weighted by Crippen LogP contribution is -2.43. The number of nitrogens with zero attached hydrogens (tertiary/aromatic N) is 1. The van der Waals surface area contributed by atoms with Gasteiger partial charge in [0.15, 0.2) is 11.5 Å². The summed E-state index contributed by atoms with van der Waals surface area (Å²) in [4.78, 5) is 12.2. The molecule has 1 atom stereocenters. The van der Waals surface area contributed by atoms with Crippen molar-refractivity contribution >= 4 is 5.91 Å². The standard InChI is InChI=1S/C17H21N3O3/c21-16(19-12-17(22)7-4-9-18-10-8-17)14-11-15(23-20-14)13-5-2-1-3-6-13/h1-3,5-6,11,18,22H,4,7-10,12H2,(H,19,21). The Morgan fingerprint density at radius 1 is 1.30 bits per heavy atom. The highest BCUT2D eigenvalue weighted by atomic mass is 16.5. The molecule has 3 N–H and O–H groups in total. The predicted octanol–water partition coefficient (Wildman–Crippen LogP) is 1.58. The minimum Gasteiger partial charge on any atom is -0.388 e. The van der Waals surface area contributed by atoms with Gasteiger partial charge in [0.1, 0.15) is 0 Å². The van der Waals surface area contributed by atoms with Crippen molar-refractivity contribution in [3.8, 4) is 11.3 Å². The zero-order valence-electron chi connectivity index (χ0n) is 12.9. The molecule has 0 aliphatic carbocycles. The van der Waals surface area contributed by atoms with Crippen molar-refractivity contribution in [3.63, 3.8) is 0 Å². The van der Waals surface area contributed by atoms with Crippen LogP contribution in [-0.2, 0) is 0 Å². The quantitative estimate of drug-likeness (QED) is 0.797. The number of amides is 1. The number of aliphatic hydroxyl groups is 1. The number of carbonyl (C=O) groups excluding carboxylic acids is 1. The van der Waals surface area contributed by atoms with E-state index in [2.05, 4.69) is 15.8 Å². The van der Waals surface area contributed by atoms with E-state index in [1.165, 1.54) is 0 Å². The Bertz CT molecular complexity index is 646. The molecule has 3 rings (SSSR count). The molecule has 0 saturated carbocycles. The molecule has 2 heterocycles. The summed E-state index contributed by atoms with van der Waals surface area (Å²) in [5.41, 5.74) is 0.234. The summed E-state index contributed by atoms with van der Waals surface area (Å²) in [5.74, 6) is 0.217. The first-order valence-corrected chi connectivity index (χ1v) is 7.90. The monoisotopic (exact) mass is 315 g/mol. The number of hydrogen-bond donors (Lipinski definition) is 3. The van der Waals surface area contributed by atoms with Gasteiger partial charge in [0.05, 0.1) is 5.60 Å². The van der Waals surface area contributed by atoms with Crippen LogP contribution in [0.25, 0.3) is 11.3 Å². The van der Waals surface area contributed by atoms with E-state index >= 15 is 0 Å². The van der Waals surface area contributed by atoms with Crippen LogP contribution < -0.4 is 10.6 Å². The summed E-state index contributed by atoms with van der Waals surface area (Å²) in [7, 11) is 0. The average molecular weight is 315 g/mol. The lowest BCUT2D eigenvalue weighted by molar-refractivity contribution is 0.0274. The molecule has 1 unspecified atom stereocenters. The number of carbonyl (C=O) groups is 1. The molecule has 1 aromatic carbocycles. The van der Waals surface area contributed by atoms with Crippen LogP contribution in [-0.4, -0.2) is 41.4 Å². The van der Waals surface area contributed by atoms with Crippen LogP contribution in [0.1, 0.15) is 29.8 Å². The van der Waals surface area contributed by atoms with Gasteiger partial charge in [-0.25, -0.2) is 0 Å². The van der Waals surface area contributed by atoms with E-state index in [0.717, 1.165) is 25.1 Å². The van der Waals surface area contributed by atoms with E-state index in [0.29, 0.717) is 18.6 Å². The molecule has 122 valence electrons. The van der Waals surface area contributed by atoms with Crippen LogP contribution in [0.5, 0.6) is 0 Å². The van der Waals surface area contributed by atoms with Crippen LogP contribution in [0, 0.1) is 0 Å². The summed E-state index contributed by atoms with van der Waals surface area (Å²) in [6, 6.07) is 11.1. The highest BCUT2D eigenvalue weighted by Gasteiger charge is 2.28. The zero-order chi connectivity index (χ0) is 16.1. The Morgan fingerprint density at radius 3 is 2.96 bits per heavy atom. The van der Waals surface area contributed by atoms with E-state index in [1.807, 2.05) is 30.3 Å². The maximum Gasteiger partial charge on any atom is 0.273 e. The SMILES string of the molecule is O=C(NCC1(O)CCCNCC1)c1cc(-c2ccccc2)on1. The Morgan fingerprint density at radius 2 is 2.13 bits per heavy atom. The molecular weight excluding hydrogens is 294 g/mol. The van der Waals surface area contributed by atoms with Crippen LogP contribution in [0.2, 0.25) is 0 Å². The first-order valence-electron chi connectivity index (χ1n) is 7.90. The van der Waals surface area contributed by atoms with Crippen molar-refractivity contribution in [1.82, 2.24) is 15.8 Å². The fourth-order valence-electron chi connectivity index (χ4n) is 2.75. The van der Waals surface area contributed by atoms with E-state index in [-0.39, 0.29) is 18.1 Å². The molecule has 1 fully saturated rings. The van der Waals surface area contributed by atoms with Crippen LogP contribution in [0.15, 0.2) is 40.9 Å². The molecule has 1 amide bonds. The van der Waals surface area contributed by atoms with Gasteiger partial charge in [0, 0.05) is 18.2 Å². The lowest BCUT2D eigenvalue weighted by Gasteiger charge is -2.26. The fourth-order valence-corrected chi connectivity index (χ4v) is 2.75. The highest BCUT2D eigenvalue weighted by molar-refractivity contribution is 5.93. The van der Waals surface area contributed by atoms with Gasteiger partial charge in [-0.05, 0) is 32.4 Å². The third-order valence-electron chi connectivity index (χ3n) is 4.14. The van der Waals surface area contributed by atoms with Crippen molar-refractivity contribution < 1.29 is 14.4 Å². The number of hydrogen-bond acceptors (Lipinski definition) is 5. The minimum absolute atomic E-state index is 0.221. The third-order valence-corrected chi connectivity index (χ3v) is 4.14. The van der Waals surface area contributed by atoms with Gasteiger partial charge in [0.2, 0.25) is 0 Å². The van der Waals surface area contributed by atoms with Gasteiger partial charge in [0.25, 0.3) is 5.91 Å². The Balaban J connectivity index is 1.61. The molecule has 0 radical (unpaired) electrons. The van der Waals surface area contributed by atoms with Crippen molar-refractivity contribution in [2.75, 3.05) is 19.6 Å². The Hall–Kier alpha value is -2.18. The first-order chi connectivity index (χ1) is 11.2. The first kappa shape index (κ1) is 15.7. The second-order valence-electron chi connectivity index (χ2n) is 5.95. The molecule has 6 heteroatoms. The summed E-state index contributed by atoms with van der Waals surface area (Å²) >= 11 is 0. The zero-order valence-corrected chi connectivity index (χ0v) is 12.9. The summed E-state index contributed by atoms with van der Waals surface area (Å²) in [5, 5.41) is 20.4. The number of aromatic nitrogens is 1. The Labute approximate surface area is 134 Å². The smallest absolute Gasteiger partial charge is 0.273 e. The minimum atomic E-state index is -0.856. The molecule has 1 aliphatic rings. The third kappa shape index (κ3) is 3.97. The van der Waals surface area contributed by atoms with Gasteiger partial charge in [-0.2, -0.15) is 0 Å². The van der Waals surface area contributed by atoms with E-state index in [1.54, 1.807) is 6.07 Å². The summed E-state index contributed by atoms with van der Waals surface area (Å²) < 4.78 is 5.23. The number of rotatable bonds is 4. The summed E-state index contributed by atoms with van der Waals surface area (Å²) in [6.45, 7) is 1.88. The lowest BCUT2D eigenvalue weighted by atomic mass is 9.95. The molecule has 0 bridgehead atoms. The van der Waals surface area contributed by atoms with Gasteiger partial charge < -0.3 is 20.3 Å². The van der Waals surface area contributed by atoms with Crippen molar-refractivity contribution in [2.45, 2.75) is 24.9 Å². The second kappa shape index (κ2) is 6.93. The van der Waals surface area contributed by atoms with Gasteiger partial charge >= 0.3 is 0 Å². The van der Waals surface area contributed by atoms with Gasteiger partial charge in [-0.3, -0.25) is 4.79 Å². The average Bonchev–Trinajstić information content (AvgIpc) is 2.97. The Kier molecular flexibility index (Phi) is 4.73. The van der Waals surface area contributed by atoms with Gasteiger partial charge in [-0.1, -0.05) is 35.5 Å². The molecular formula is C17H21N3O3. The maximum atomic E-state index is 12.2. The normalized spacial score (nSPS) is 21.6. The molecule has 2 aromatic rings. The second-order valence-corrected chi connectivity index (χ2v) is 5.95. The largest absolute Gasteiger partial charge is 0.388 e. The topological polar surface area (TPSA) is 87.4 Å². The fraction of sp³-hybridized carbons (Fsp3) is 0.412. The molecule has 23 heavy (non-hydrogen) atoms. The highest BCUT2D eigenvalue weighted by Crippen LogP contribution is 2.21. The maximum absolute atomic E-state index is 12.2. The van der Waals surface area contributed by atoms with Gasteiger partial charge in [-0.15, -0.1) is 0 Å². The number of benzene rings is 1. The molecule has 1 saturated heterocycles. The predicted molar refractivity (Wildman–Crippen MR) is 85.9 cm³/mol.